The van der Waals surface area contributed by atoms with Crippen molar-refractivity contribution in [3.63, 3.8) is 0 Å². The lowest BCUT2D eigenvalue weighted by molar-refractivity contribution is -0.141. The highest BCUT2D eigenvalue weighted by Crippen LogP contribution is 2.26. The summed E-state index contributed by atoms with van der Waals surface area (Å²) in [7, 11) is -4.00. The van der Waals surface area contributed by atoms with Crippen LogP contribution in [0.5, 0.6) is 0 Å². The van der Waals surface area contributed by atoms with Crippen molar-refractivity contribution in [1.29, 1.82) is 0 Å². The third-order valence-electron chi connectivity index (χ3n) is 2.59. The first-order valence-electron chi connectivity index (χ1n) is 5.65. The van der Waals surface area contributed by atoms with E-state index in [-0.39, 0.29) is 14.9 Å². The fourth-order valence-electron chi connectivity index (χ4n) is 1.46. The van der Waals surface area contributed by atoms with Crippen molar-refractivity contribution in [1.82, 2.24) is 4.72 Å². The van der Waals surface area contributed by atoms with Gasteiger partial charge in [-0.1, -0.05) is 44.0 Å². The van der Waals surface area contributed by atoms with Gasteiger partial charge in [0.2, 0.25) is 10.0 Å². The Kier molecular flexibility index (Phi) is 5.08. The topological polar surface area (TPSA) is 83.5 Å². The van der Waals surface area contributed by atoms with Crippen molar-refractivity contribution < 1.29 is 18.3 Å². The van der Waals surface area contributed by atoms with Gasteiger partial charge in [0.15, 0.2) is 0 Å². The summed E-state index contributed by atoms with van der Waals surface area (Å²) in [5, 5.41) is 9.44. The second-order valence-electron chi connectivity index (χ2n) is 5.33. The molecule has 0 radical (unpaired) electrons. The molecule has 0 heterocycles. The molecule has 5 nitrogen and oxygen atoms in total. The number of nitrogens with one attached hydrogen (secondary N) is 1. The third kappa shape index (κ3) is 4.09. The first-order chi connectivity index (χ1) is 8.95. The molecule has 0 saturated carbocycles. The third-order valence-corrected chi connectivity index (χ3v) is 4.75. The number of benzene rings is 1. The van der Waals surface area contributed by atoms with Crippen LogP contribution in [-0.2, 0) is 14.8 Å². The van der Waals surface area contributed by atoms with Gasteiger partial charge < -0.3 is 5.11 Å². The van der Waals surface area contributed by atoms with E-state index >= 15 is 0 Å². The smallest absolute Gasteiger partial charge is 0.322 e. The van der Waals surface area contributed by atoms with Gasteiger partial charge in [0, 0.05) is 0 Å². The molecule has 0 unspecified atom stereocenters. The minimum atomic E-state index is -4.00. The van der Waals surface area contributed by atoms with Crippen molar-refractivity contribution in [2.24, 2.45) is 5.41 Å². The minimum absolute atomic E-state index is 0.0807. The summed E-state index contributed by atoms with van der Waals surface area (Å²) in [5.41, 5.74) is -0.783. The monoisotopic (exact) mass is 339 g/mol. The highest BCUT2D eigenvalue weighted by atomic mass is 35.5. The van der Waals surface area contributed by atoms with Crippen LogP contribution in [-0.4, -0.2) is 25.5 Å². The fourth-order valence-corrected chi connectivity index (χ4v) is 3.25. The molecular formula is C12H15Cl2NO4S. The van der Waals surface area contributed by atoms with Crippen molar-refractivity contribution >= 4 is 39.2 Å². The first-order valence-corrected chi connectivity index (χ1v) is 7.89. The molecule has 0 aromatic heterocycles. The van der Waals surface area contributed by atoms with E-state index in [9.17, 15) is 13.2 Å². The Morgan fingerprint density at radius 3 is 2.20 bits per heavy atom. The van der Waals surface area contributed by atoms with Crippen LogP contribution < -0.4 is 4.72 Å². The standard InChI is InChI=1S/C12H15Cl2NO4S/c1-12(2,3)10(11(16)17)15-20(18,19)7-4-5-8(13)9(14)6-7/h4-6,10,15H,1-3H3,(H,16,17)/t10-/m1/s1. The van der Waals surface area contributed by atoms with Crippen LogP contribution in [0.25, 0.3) is 0 Å². The zero-order chi connectivity index (χ0) is 15.7. The Morgan fingerprint density at radius 2 is 1.80 bits per heavy atom. The van der Waals surface area contributed by atoms with E-state index in [1.54, 1.807) is 20.8 Å². The van der Waals surface area contributed by atoms with Crippen LogP contribution in [0.3, 0.4) is 0 Å². The van der Waals surface area contributed by atoms with Crippen molar-refractivity contribution in [2.75, 3.05) is 0 Å². The predicted molar refractivity (Wildman–Crippen MR) is 77.7 cm³/mol. The average molecular weight is 340 g/mol. The average Bonchev–Trinajstić information content (AvgIpc) is 2.27. The number of hydrogen-bond donors (Lipinski definition) is 2. The number of carboxylic acid groups (broad SMARTS) is 1. The Balaban J connectivity index is 3.16. The van der Waals surface area contributed by atoms with E-state index in [1.165, 1.54) is 18.2 Å². The summed E-state index contributed by atoms with van der Waals surface area (Å²) in [6.07, 6.45) is 0. The molecule has 0 bridgehead atoms. The molecule has 0 saturated heterocycles. The Bertz CT molecular complexity index is 623. The Labute approximate surface area is 127 Å². The Hall–Kier alpha value is -0.820. The fraction of sp³-hybridized carbons (Fsp3) is 0.417. The van der Waals surface area contributed by atoms with Gasteiger partial charge in [-0.05, 0) is 23.6 Å². The van der Waals surface area contributed by atoms with E-state index < -0.39 is 27.4 Å². The molecule has 1 atom stereocenters. The molecule has 1 rings (SSSR count). The minimum Gasteiger partial charge on any atom is -0.480 e. The van der Waals surface area contributed by atoms with Gasteiger partial charge >= 0.3 is 5.97 Å². The molecule has 2 N–H and O–H groups in total. The number of carboxylic acids is 1. The van der Waals surface area contributed by atoms with Crippen LogP contribution in [0, 0.1) is 5.41 Å². The van der Waals surface area contributed by atoms with Crippen LogP contribution in [0.1, 0.15) is 20.8 Å². The van der Waals surface area contributed by atoms with Crippen LogP contribution in [0.4, 0.5) is 0 Å². The van der Waals surface area contributed by atoms with Crippen LogP contribution in [0.2, 0.25) is 10.0 Å². The molecule has 0 fully saturated rings. The molecule has 20 heavy (non-hydrogen) atoms. The van der Waals surface area contributed by atoms with E-state index in [4.69, 9.17) is 28.3 Å². The molecular weight excluding hydrogens is 325 g/mol. The lowest BCUT2D eigenvalue weighted by Gasteiger charge is -2.27. The number of sulfonamides is 1. The highest BCUT2D eigenvalue weighted by Gasteiger charge is 2.35. The maximum atomic E-state index is 12.2. The van der Waals surface area contributed by atoms with Crippen LogP contribution >= 0.6 is 23.2 Å². The zero-order valence-corrected chi connectivity index (χ0v) is 13.5. The summed E-state index contributed by atoms with van der Waals surface area (Å²) in [6, 6.07) is 2.51. The molecule has 1 aromatic carbocycles. The largest absolute Gasteiger partial charge is 0.480 e. The summed E-state index contributed by atoms with van der Waals surface area (Å²) < 4.78 is 26.5. The predicted octanol–water partition coefficient (Wildman–Crippen LogP) is 2.77. The quantitative estimate of drug-likeness (QED) is 0.883. The van der Waals surface area contributed by atoms with Gasteiger partial charge in [0.05, 0.1) is 14.9 Å². The SMILES string of the molecule is CC(C)(C)[C@H](NS(=O)(=O)c1ccc(Cl)c(Cl)c1)C(=O)O. The second-order valence-corrected chi connectivity index (χ2v) is 7.86. The highest BCUT2D eigenvalue weighted by molar-refractivity contribution is 7.89. The zero-order valence-electron chi connectivity index (χ0n) is 11.1. The van der Waals surface area contributed by atoms with E-state index in [2.05, 4.69) is 4.72 Å². The normalized spacial score (nSPS) is 14.1. The number of halogens is 2. The van der Waals surface area contributed by atoms with E-state index in [1.807, 2.05) is 0 Å². The summed E-state index contributed by atoms with van der Waals surface area (Å²) >= 11 is 11.5. The molecule has 0 aliphatic rings. The molecule has 112 valence electrons. The molecule has 8 heteroatoms. The van der Waals surface area contributed by atoms with Gasteiger partial charge in [0.1, 0.15) is 6.04 Å². The Morgan fingerprint density at radius 1 is 1.25 bits per heavy atom. The molecule has 0 aliphatic heterocycles. The van der Waals surface area contributed by atoms with Crippen molar-refractivity contribution in [3.05, 3.63) is 28.2 Å². The number of aliphatic carboxylic acids is 1. The first kappa shape index (κ1) is 17.2. The van der Waals surface area contributed by atoms with Crippen molar-refractivity contribution in [2.45, 2.75) is 31.7 Å². The van der Waals surface area contributed by atoms with Crippen LogP contribution in [0.15, 0.2) is 23.1 Å². The number of hydrogen-bond acceptors (Lipinski definition) is 3. The molecule has 1 aromatic rings. The van der Waals surface area contributed by atoms with Crippen molar-refractivity contribution in [3.8, 4) is 0 Å². The summed E-state index contributed by atoms with van der Waals surface area (Å²) in [4.78, 5) is 11.1. The number of carbonyl (C=O) groups is 1. The summed E-state index contributed by atoms with van der Waals surface area (Å²) in [5.74, 6) is -1.25. The van der Waals surface area contributed by atoms with Gasteiger partial charge in [0.25, 0.3) is 0 Å². The maximum Gasteiger partial charge on any atom is 0.322 e. The molecule has 0 aliphatic carbocycles. The van der Waals surface area contributed by atoms with E-state index in [0.717, 1.165) is 0 Å². The number of rotatable bonds is 4. The van der Waals surface area contributed by atoms with E-state index in [0.29, 0.717) is 0 Å². The van der Waals surface area contributed by atoms with Gasteiger partial charge in [-0.3, -0.25) is 4.79 Å². The van der Waals surface area contributed by atoms with Gasteiger partial charge in [-0.25, -0.2) is 8.42 Å². The maximum absolute atomic E-state index is 12.2. The molecule has 0 amide bonds. The molecule has 0 spiro atoms. The lowest BCUT2D eigenvalue weighted by atomic mass is 9.88. The van der Waals surface area contributed by atoms with Gasteiger partial charge in [-0.15, -0.1) is 0 Å². The second kappa shape index (κ2) is 5.89. The van der Waals surface area contributed by atoms with Gasteiger partial charge in [-0.2, -0.15) is 4.72 Å². The summed E-state index contributed by atoms with van der Waals surface area (Å²) in [6.45, 7) is 4.88. The lowest BCUT2D eigenvalue weighted by Crippen LogP contribution is -2.48.